The Balaban J connectivity index is 1.85. The van der Waals surface area contributed by atoms with Gasteiger partial charge in [-0.15, -0.1) is 3.89 Å². The van der Waals surface area contributed by atoms with Crippen molar-refractivity contribution in [3.05, 3.63) is 54.0 Å². The summed E-state index contributed by atoms with van der Waals surface area (Å²) in [7, 11) is -4.87. The van der Waals surface area contributed by atoms with Crippen LogP contribution in [0.5, 0.6) is 0 Å². The summed E-state index contributed by atoms with van der Waals surface area (Å²) in [5, 5.41) is 5.00. The largest absolute Gasteiger partial charge is 0.459 e. The average Bonchev–Trinajstić information content (AvgIpc) is 3.05. The monoisotopic (exact) mass is 340 g/mol. The lowest BCUT2D eigenvalue weighted by atomic mass is 10.2. The van der Waals surface area contributed by atoms with Crippen LogP contribution in [0.1, 0.15) is 20.9 Å². The molecule has 0 spiro atoms. The van der Waals surface area contributed by atoms with Crippen LogP contribution >= 0.6 is 0 Å². The number of benzene rings is 1. The van der Waals surface area contributed by atoms with E-state index < -0.39 is 26.9 Å². The Morgan fingerprint density at radius 2 is 1.74 bits per heavy atom. The second-order valence-corrected chi connectivity index (χ2v) is 5.80. The maximum atomic E-state index is 12.9. The lowest BCUT2D eigenvalue weighted by molar-refractivity contribution is 0.0910. The van der Waals surface area contributed by atoms with Crippen LogP contribution in [0.15, 0.2) is 52.0 Å². The molecule has 1 aromatic carbocycles. The van der Waals surface area contributed by atoms with Crippen molar-refractivity contribution < 1.29 is 26.3 Å². The summed E-state index contributed by atoms with van der Waals surface area (Å²) < 4.78 is 39.4. The van der Waals surface area contributed by atoms with Gasteiger partial charge in [-0.2, -0.15) is 8.42 Å². The lowest BCUT2D eigenvalue weighted by Crippen LogP contribution is -2.34. The van der Waals surface area contributed by atoms with Crippen LogP contribution in [0.25, 0.3) is 0 Å². The van der Waals surface area contributed by atoms with Gasteiger partial charge in [-0.05, 0) is 30.3 Å². The molecular weight excluding hydrogens is 327 g/mol. The van der Waals surface area contributed by atoms with Crippen molar-refractivity contribution in [2.24, 2.45) is 0 Å². The molecule has 122 valence electrons. The van der Waals surface area contributed by atoms with Gasteiger partial charge < -0.3 is 15.1 Å². The molecule has 0 aliphatic rings. The van der Waals surface area contributed by atoms with Crippen LogP contribution in [0.2, 0.25) is 0 Å². The van der Waals surface area contributed by atoms with E-state index in [2.05, 4.69) is 10.6 Å². The lowest BCUT2D eigenvalue weighted by Gasteiger charge is -2.06. The fourth-order valence-electron chi connectivity index (χ4n) is 1.74. The topological polar surface area (TPSA) is 105 Å². The second-order valence-electron chi connectivity index (χ2n) is 4.45. The van der Waals surface area contributed by atoms with Crippen molar-refractivity contribution >= 4 is 22.0 Å². The summed E-state index contributed by atoms with van der Waals surface area (Å²) in [5.41, 5.74) is 0.00101. The van der Waals surface area contributed by atoms with Crippen molar-refractivity contribution in [1.82, 2.24) is 10.6 Å². The number of hydrogen-bond acceptors (Lipinski definition) is 5. The first-order valence-corrected chi connectivity index (χ1v) is 7.91. The van der Waals surface area contributed by atoms with Crippen LogP contribution < -0.4 is 10.6 Å². The van der Waals surface area contributed by atoms with E-state index in [0.717, 1.165) is 12.1 Å². The molecule has 0 bridgehead atoms. The Morgan fingerprint density at radius 1 is 1.04 bits per heavy atom. The van der Waals surface area contributed by atoms with Gasteiger partial charge in [0.05, 0.1) is 11.2 Å². The molecule has 1 aromatic heterocycles. The smallest absolute Gasteiger partial charge is 0.332 e. The molecule has 0 atom stereocenters. The van der Waals surface area contributed by atoms with Crippen molar-refractivity contribution in [1.29, 1.82) is 0 Å². The normalized spacial score (nSPS) is 11.0. The third-order valence-corrected chi connectivity index (χ3v) is 3.64. The summed E-state index contributed by atoms with van der Waals surface area (Å²) >= 11 is 0. The Kier molecular flexibility index (Phi) is 5.12. The SMILES string of the molecule is O=C(NCCNC(=O)c1ccco1)c1cccc(S(=O)(=O)F)c1. The van der Waals surface area contributed by atoms with Gasteiger partial charge in [-0.3, -0.25) is 9.59 Å². The highest BCUT2D eigenvalue weighted by Gasteiger charge is 2.14. The molecule has 0 saturated carbocycles. The predicted octanol–water partition coefficient (Wildman–Crippen LogP) is 1.10. The van der Waals surface area contributed by atoms with E-state index >= 15 is 0 Å². The Bertz CT molecular complexity index is 802. The minimum atomic E-state index is -4.87. The number of hydrogen-bond donors (Lipinski definition) is 2. The first-order chi connectivity index (χ1) is 10.9. The third-order valence-electron chi connectivity index (χ3n) is 2.82. The molecule has 23 heavy (non-hydrogen) atoms. The highest BCUT2D eigenvalue weighted by Crippen LogP contribution is 2.13. The summed E-state index contributed by atoms with van der Waals surface area (Å²) in [5.74, 6) is -0.852. The highest BCUT2D eigenvalue weighted by atomic mass is 32.3. The molecule has 0 aliphatic heterocycles. The molecule has 2 aromatic rings. The molecule has 2 rings (SSSR count). The van der Waals surface area contributed by atoms with Crippen LogP contribution in [0.3, 0.4) is 0 Å². The second kappa shape index (κ2) is 7.05. The summed E-state index contributed by atoms with van der Waals surface area (Å²) in [4.78, 5) is 22.8. The predicted molar refractivity (Wildman–Crippen MR) is 78.1 cm³/mol. The Labute approximate surface area is 131 Å². The number of halogens is 1. The van der Waals surface area contributed by atoms with Crippen molar-refractivity contribution in [2.45, 2.75) is 4.90 Å². The molecule has 0 saturated heterocycles. The summed E-state index contributed by atoms with van der Waals surface area (Å²) in [6.45, 7) is 0.254. The standard InChI is InChI=1S/C14H13FN2O5S/c15-23(20,21)11-4-1-3-10(9-11)13(18)16-6-7-17-14(19)12-5-2-8-22-12/h1-5,8-9H,6-7H2,(H,16,18)(H,17,19). The summed E-state index contributed by atoms with van der Waals surface area (Å²) in [6, 6.07) is 7.67. The van der Waals surface area contributed by atoms with Gasteiger partial charge in [0.25, 0.3) is 11.8 Å². The number of amides is 2. The van der Waals surface area contributed by atoms with E-state index in [9.17, 15) is 21.9 Å². The fourth-order valence-corrected chi connectivity index (χ4v) is 2.25. The van der Waals surface area contributed by atoms with Crippen LogP contribution in [-0.2, 0) is 10.2 Å². The molecule has 9 heteroatoms. The van der Waals surface area contributed by atoms with Gasteiger partial charge in [-0.25, -0.2) is 0 Å². The van der Waals surface area contributed by atoms with Crippen LogP contribution in [-0.4, -0.2) is 33.3 Å². The van der Waals surface area contributed by atoms with Crippen molar-refractivity contribution in [3.63, 3.8) is 0 Å². The van der Waals surface area contributed by atoms with Crippen molar-refractivity contribution in [2.75, 3.05) is 13.1 Å². The fraction of sp³-hybridized carbons (Fsp3) is 0.143. The zero-order valence-corrected chi connectivity index (χ0v) is 12.6. The van der Waals surface area contributed by atoms with Gasteiger partial charge >= 0.3 is 10.2 Å². The maximum Gasteiger partial charge on any atom is 0.332 e. The van der Waals surface area contributed by atoms with Crippen LogP contribution in [0, 0.1) is 0 Å². The maximum absolute atomic E-state index is 12.9. The first-order valence-electron chi connectivity index (χ1n) is 6.52. The van der Waals surface area contributed by atoms with Crippen molar-refractivity contribution in [3.8, 4) is 0 Å². The molecular formula is C14H13FN2O5S. The minimum absolute atomic E-state index is 0.00101. The Morgan fingerprint density at radius 3 is 2.35 bits per heavy atom. The summed E-state index contributed by atoms with van der Waals surface area (Å²) in [6.07, 6.45) is 1.36. The number of carbonyl (C=O) groups is 2. The Hall–Kier alpha value is -2.68. The highest BCUT2D eigenvalue weighted by molar-refractivity contribution is 7.86. The zero-order valence-electron chi connectivity index (χ0n) is 11.8. The minimum Gasteiger partial charge on any atom is -0.459 e. The van der Waals surface area contributed by atoms with Gasteiger partial charge in [0.1, 0.15) is 0 Å². The zero-order chi connectivity index (χ0) is 16.9. The number of nitrogens with one attached hydrogen (secondary N) is 2. The van der Waals surface area contributed by atoms with E-state index in [0.29, 0.717) is 0 Å². The molecule has 0 fully saturated rings. The number of furan rings is 1. The van der Waals surface area contributed by atoms with Crippen LogP contribution in [0.4, 0.5) is 3.89 Å². The van der Waals surface area contributed by atoms with Gasteiger partial charge in [0.15, 0.2) is 5.76 Å². The number of carbonyl (C=O) groups excluding carboxylic acids is 2. The van der Waals surface area contributed by atoms with E-state index in [1.165, 1.54) is 24.5 Å². The van der Waals surface area contributed by atoms with Gasteiger partial charge in [0, 0.05) is 18.7 Å². The third kappa shape index (κ3) is 4.65. The van der Waals surface area contributed by atoms with E-state index in [1.54, 1.807) is 6.07 Å². The molecule has 0 radical (unpaired) electrons. The molecule has 0 unspecified atom stereocenters. The van der Waals surface area contributed by atoms with Gasteiger partial charge in [-0.1, -0.05) is 6.07 Å². The quantitative estimate of drug-likeness (QED) is 0.605. The van der Waals surface area contributed by atoms with E-state index in [4.69, 9.17) is 4.42 Å². The molecule has 0 aliphatic carbocycles. The molecule has 2 N–H and O–H groups in total. The van der Waals surface area contributed by atoms with E-state index in [1.807, 2.05) is 0 Å². The van der Waals surface area contributed by atoms with Gasteiger partial charge in [0.2, 0.25) is 0 Å². The molecule has 2 amide bonds. The molecule has 1 heterocycles. The number of rotatable bonds is 6. The molecule has 7 nitrogen and oxygen atoms in total. The first kappa shape index (κ1) is 16.7. The average molecular weight is 340 g/mol. The van der Waals surface area contributed by atoms with E-state index in [-0.39, 0.29) is 24.4 Å².